The molecule has 0 unspecified atom stereocenters. The summed E-state index contributed by atoms with van der Waals surface area (Å²) in [5.74, 6) is -0.0414. The summed E-state index contributed by atoms with van der Waals surface area (Å²) in [7, 11) is 3.83. The molecule has 0 spiro atoms. The average molecular weight is 455 g/mol. The summed E-state index contributed by atoms with van der Waals surface area (Å²) >= 11 is 0. The Balaban J connectivity index is 0.000000234. The molecule has 2 aromatic carbocycles. The lowest BCUT2D eigenvalue weighted by Crippen LogP contribution is -2.30. The summed E-state index contributed by atoms with van der Waals surface area (Å²) in [5, 5.41) is 17.6. The van der Waals surface area contributed by atoms with Crippen molar-refractivity contribution in [2.24, 2.45) is 0 Å². The molecule has 1 heterocycles. The Labute approximate surface area is 195 Å². The van der Waals surface area contributed by atoms with Gasteiger partial charge in [-0.05, 0) is 60.5 Å². The number of carbonyl (C=O) groups is 3. The number of aliphatic hydroxyl groups excluding tert-OH is 1. The lowest BCUT2D eigenvalue weighted by atomic mass is 10.00. The second kappa shape index (κ2) is 13.3. The largest absolute Gasteiger partial charge is 0.395 e. The van der Waals surface area contributed by atoms with Gasteiger partial charge in [-0.1, -0.05) is 12.1 Å². The maximum Gasteiger partial charge on any atom is 0.224 e. The van der Waals surface area contributed by atoms with Gasteiger partial charge in [-0.2, -0.15) is 0 Å². The molecule has 0 aliphatic carbocycles. The number of aryl methyl sites for hydroxylation is 1. The van der Waals surface area contributed by atoms with Crippen molar-refractivity contribution in [3.63, 3.8) is 0 Å². The Bertz CT molecular complexity index is 961. The molecular weight excluding hydrogens is 420 g/mol. The molecule has 8 heteroatoms. The highest BCUT2D eigenvalue weighted by Crippen LogP contribution is 2.21. The van der Waals surface area contributed by atoms with Gasteiger partial charge in [0, 0.05) is 50.9 Å². The quantitative estimate of drug-likeness (QED) is 0.431. The van der Waals surface area contributed by atoms with Crippen LogP contribution in [0.15, 0.2) is 36.4 Å². The van der Waals surface area contributed by atoms with Crippen LogP contribution in [-0.2, 0) is 33.9 Å². The summed E-state index contributed by atoms with van der Waals surface area (Å²) in [5.41, 5.74) is 6.46. The van der Waals surface area contributed by atoms with E-state index in [1.54, 1.807) is 0 Å². The number of nitrogens with one attached hydrogen (secondary N) is 3. The lowest BCUT2D eigenvalue weighted by Gasteiger charge is -2.22. The molecule has 0 radical (unpaired) electrons. The number of carbonyl (C=O) groups excluding carboxylic acids is 3. The summed E-state index contributed by atoms with van der Waals surface area (Å²) in [4.78, 5) is 34.8. The fourth-order valence-electron chi connectivity index (χ4n) is 3.44. The zero-order valence-corrected chi connectivity index (χ0v) is 19.6. The fourth-order valence-corrected chi connectivity index (χ4v) is 3.44. The van der Waals surface area contributed by atoms with Crippen molar-refractivity contribution in [2.75, 3.05) is 37.5 Å². The number of hydrogen-bond donors (Lipinski definition) is 4. The van der Waals surface area contributed by atoms with Crippen molar-refractivity contribution in [3.8, 4) is 0 Å². The number of nitrogens with zero attached hydrogens (tertiary/aromatic N) is 1. The van der Waals surface area contributed by atoms with Gasteiger partial charge >= 0.3 is 0 Å². The minimum atomic E-state index is -0.128. The van der Waals surface area contributed by atoms with E-state index >= 15 is 0 Å². The van der Waals surface area contributed by atoms with Crippen LogP contribution in [0.1, 0.15) is 35.1 Å². The molecule has 1 aliphatic rings. The minimum Gasteiger partial charge on any atom is -0.395 e. The van der Waals surface area contributed by atoms with Crippen LogP contribution in [0.2, 0.25) is 0 Å². The number of aliphatic hydroxyl groups is 1. The predicted octanol–water partition coefficient (Wildman–Crippen LogP) is 1.92. The van der Waals surface area contributed by atoms with Gasteiger partial charge in [-0.25, -0.2) is 0 Å². The van der Waals surface area contributed by atoms with Crippen molar-refractivity contribution in [2.45, 2.75) is 39.3 Å². The van der Waals surface area contributed by atoms with Gasteiger partial charge < -0.3 is 30.8 Å². The molecule has 8 nitrogen and oxygen atoms in total. The second-order valence-corrected chi connectivity index (χ2v) is 7.98. The Kier molecular flexibility index (Phi) is 10.5. The molecule has 0 atom stereocenters. The van der Waals surface area contributed by atoms with Gasteiger partial charge in [0.05, 0.1) is 13.0 Å². The van der Waals surface area contributed by atoms with Gasteiger partial charge in [-0.3, -0.25) is 9.59 Å². The zero-order valence-electron chi connectivity index (χ0n) is 19.6. The van der Waals surface area contributed by atoms with Crippen molar-refractivity contribution < 1.29 is 19.5 Å². The first-order chi connectivity index (χ1) is 15.9. The van der Waals surface area contributed by atoms with E-state index in [0.717, 1.165) is 35.3 Å². The molecule has 4 N–H and O–H groups in total. The number of benzene rings is 2. The highest BCUT2D eigenvalue weighted by atomic mass is 16.3. The standard InChI is InChI=1S/C13H18N2O2.C12H16N2O2/c1-10-5-6-12(8-11(10)9-14-2)15-13(17)4-3-7-16;1-14(4-5-15)11-3-2-9-7-12(16)13-8-10(9)6-11/h5-8,14H,3-4,9H2,1-2H3,(H,15,17);2-3,6,15H,4-5,7-8H2,1H3,(H,13,16). The molecule has 2 aromatic rings. The third-order valence-electron chi connectivity index (χ3n) is 5.38. The summed E-state index contributed by atoms with van der Waals surface area (Å²) in [6.45, 7) is 4.17. The minimum absolute atomic E-state index is 0.0870. The van der Waals surface area contributed by atoms with Gasteiger partial charge in [0.1, 0.15) is 6.29 Å². The van der Waals surface area contributed by atoms with Crippen LogP contribution in [0.4, 0.5) is 11.4 Å². The zero-order chi connectivity index (χ0) is 24.2. The third-order valence-corrected chi connectivity index (χ3v) is 5.38. The molecule has 0 bridgehead atoms. The first-order valence-electron chi connectivity index (χ1n) is 11.1. The third kappa shape index (κ3) is 8.32. The molecular formula is C25H34N4O4. The van der Waals surface area contributed by atoms with E-state index in [2.05, 4.69) is 22.0 Å². The highest BCUT2D eigenvalue weighted by molar-refractivity contribution is 5.91. The summed E-state index contributed by atoms with van der Waals surface area (Å²) in [6.07, 6.45) is 1.72. The first kappa shape index (κ1) is 26.0. The van der Waals surface area contributed by atoms with E-state index in [-0.39, 0.29) is 31.3 Å². The first-order valence-corrected chi connectivity index (χ1v) is 11.1. The van der Waals surface area contributed by atoms with E-state index in [1.807, 2.05) is 56.3 Å². The van der Waals surface area contributed by atoms with Crippen molar-refractivity contribution in [1.82, 2.24) is 10.6 Å². The van der Waals surface area contributed by atoms with Crippen molar-refractivity contribution >= 4 is 29.5 Å². The Morgan fingerprint density at radius 3 is 2.70 bits per heavy atom. The van der Waals surface area contributed by atoms with E-state index in [0.29, 0.717) is 19.5 Å². The smallest absolute Gasteiger partial charge is 0.224 e. The van der Waals surface area contributed by atoms with Crippen molar-refractivity contribution in [1.29, 1.82) is 0 Å². The number of fused-ring (bicyclic) bond motifs is 1. The van der Waals surface area contributed by atoms with Gasteiger partial charge in [0.2, 0.25) is 11.8 Å². The van der Waals surface area contributed by atoms with Crippen LogP contribution in [0.3, 0.4) is 0 Å². The topological polar surface area (TPSA) is 111 Å². The summed E-state index contributed by atoms with van der Waals surface area (Å²) < 4.78 is 0. The van der Waals surface area contributed by atoms with Crippen LogP contribution in [-0.4, -0.2) is 50.5 Å². The van der Waals surface area contributed by atoms with E-state index in [1.165, 1.54) is 11.1 Å². The van der Waals surface area contributed by atoms with E-state index in [9.17, 15) is 14.4 Å². The van der Waals surface area contributed by atoms with Gasteiger partial charge in [0.15, 0.2) is 0 Å². The Hall–Kier alpha value is -3.23. The van der Waals surface area contributed by atoms with Crippen LogP contribution in [0.5, 0.6) is 0 Å². The van der Waals surface area contributed by atoms with Gasteiger partial charge in [-0.15, -0.1) is 0 Å². The lowest BCUT2D eigenvalue weighted by molar-refractivity contribution is -0.121. The van der Waals surface area contributed by atoms with Crippen LogP contribution in [0, 0.1) is 6.92 Å². The maximum absolute atomic E-state index is 11.4. The van der Waals surface area contributed by atoms with Crippen LogP contribution >= 0.6 is 0 Å². The predicted molar refractivity (Wildman–Crippen MR) is 130 cm³/mol. The Morgan fingerprint density at radius 1 is 1.21 bits per heavy atom. The molecule has 0 saturated carbocycles. The van der Waals surface area contributed by atoms with E-state index < -0.39 is 0 Å². The number of hydrogen-bond acceptors (Lipinski definition) is 6. The van der Waals surface area contributed by atoms with Crippen LogP contribution < -0.4 is 20.9 Å². The second-order valence-electron chi connectivity index (χ2n) is 7.98. The average Bonchev–Trinajstić information content (AvgIpc) is 2.80. The molecule has 3 rings (SSSR count). The summed E-state index contributed by atoms with van der Waals surface area (Å²) in [6, 6.07) is 11.9. The fraction of sp³-hybridized carbons (Fsp3) is 0.400. The number of amides is 2. The normalized spacial score (nSPS) is 12.1. The number of anilines is 2. The molecule has 1 aliphatic heterocycles. The molecule has 33 heavy (non-hydrogen) atoms. The molecule has 0 saturated heterocycles. The highest BCUT2D eigenvalue weighted by Gasteiger charge is 2.15. The van der Waals surface area contributed by atoms with Gasteiger partial charge in [0.25, 0.3) is 0 Å². The molecule has 0 aromatic heterocycles. The van der Waals surface area contributed by atoms with E-state index in [4.69, 9.17) is 5.11 Å². The molecule has 0 fully saturated rings. The number of likely N-dealkylation sites (N-methyl/N-ethyl adjacent to an activating group) is 1. The Morgan fingerprint density at radius 2 is 2.00 bits per heavy atom. The SMILES string of the molecule is CN(CCO)c1ccc2c(c1)CNC(=O)C2.CNCc1cc(NC(=O)CCC=O)ccc1C. The molecule has 178 valence electrons. The maximum atomic E-state index is 11.4. The number of aldehydes is 1. The van der Waals surface area contributed by atoms with Crippen LogP contribution in [0.25, 0.3) is 0 Å². The number of rotatable bonds is 9. The van der Waals surface area contributed by atoms with Crippen molar-refractivity contribution in [3.05, 3.63) is 58.7 Å². The molecule has 2 amide bonds. The monoisotopic (exact) mass is 454 g/mol.